The van der Waals surface area contributed by atoms with E-state index in [2.05, 4.69) is 53.3 Å². The molecule has 1 heterocycles. The Morgan fingerprint density at radius 1 is 1.29 bits per heavy atom. The van der Waals surface area contributed by atoms with Crippen LogP contribution in [0, 0.1) is 5.92 Å². The number of hydrogen-bond donors (Lipinski definition) is 1. The highest BCUT2D eigenvalue weighted by Crippen LogP contribution is 2.21. The summed E-state index contributed by atoms with van der Waals surface area (Å²) in [4.78, 5) is 8.09. The number of nitrogens with one attached hydrogen (secondary N) is 1. The Balaban J connectivity index is 1.84. The van der Waals surface area contributed by atoms with Crippen molar-refractivity contribution in [3.05, 3.63) is 59.2 Å². The number of aromatic nitrogens is 2. The van der Waals surface area contributed by atoms with Gasteiger partial charge in [0.2, 0.25) is 0 Å². The molecule has 2 heteroatoms. The Kier molecular flexibility index (Phi) is 2.56. The largest absolute Gasteiger partial charge is 0.345 e. The number of aromatic amines is 1. The first-order valence-corrected chi connectivity index (χ1v) is 6.11. The van der Waals surface area contributed by atoms with Gasteiger partial charge < -0.3 is 4.98 Å². The molecule has 1 aliphatic carbocycles. The zero-order valence-electron chi connectivity index (χ0n) is 9.98. The summed E-state index contributed by atoms with van der Waals surface area (Å²) in [6.07, 6.45) is 6.33. The first-order chi connectivity index (χ1) is 8.31. The molecule has 0 saturated heterocycles. The predicted octanol–water partition coefficient (Wildman–Crippen LogP) is 3.21. The quantitative estimate of drug-likeness (QED) is 0.833. The molecule has 1 unspecified atom stereocenters. The zero-order chi connectivity index (χ0) is 11.7. The lowest BCUT2D eigenvalue weighted by Gasteiger charge is -2.09. The van der Waals surface area contributed by atoms with E-state index < -0.39 is 0 Å². The van der Waals surface area contributed by atoms with Crippen LogP contribution < -0.4 is 0 Å². The van der Waals surface area contributed by atoms with Gasteiger partial charge in [-0.2, -0.15) is 0 Å². The standard InChI is InChI=1S/C15H16N2/c1-11-7-8-13-14(9-11)17-15(16-13)10-12-5-3-2-4-6-12/h2-8,11H,9-10H2,1H3,(H,16,17). The maximum atomic E-state index is 4.64. The molecule has 3 rings (SSSR count). The Bertz CT molecular complexity index is 537. The maximum Gasteiger partial charge on any atom is 0.111 e. The van der Waals surface area contributed by atoms with Crippen molar-refractivity contribution in [1.82, 2.24) is 9.97 Å². The monoisotopic (exact) mass is 224 g/mol. The second kappa shape index (κ2) is 4.21. The highest BCUT2D eigenvalue weighted by atomic mass is 14.9. The van der Waals surface area contributed by atoms with Crippen LogP contribution in [-0.2, 0) is 12.8 Å². The average Bonchev–Trinajstić information content (AvgIpc) is 2.71. The summed E-state index contributed by atoms with van der Waals surface area (Å²) in [5, 5.41) is 0. The van der Waals surface area contributed by atoms with Gasteiger partial charge in [-0.15, -0.1) is 0 Å². The van der Waals surface area contributed by atoms with Gasteiger partial charge in [0.1, 0.15) is 5.82 Å². The lowest BCUT2D eigenvalue weighted by molar-refractivity contribution is 0.702. The Morgan fingerprint density at radius 2 is 2.12 bits per heavy atom. The number of H-pyrrole nitrogens is 1. The molecule has 2 aromatic rings. The molecule has 86 valence electrons. The fraction of sp³-hybridized carbons (Fsp3) is 0.267. The molecule has 0 fully saturated rings. The Labute approximate surface area is 101 Å². The van der Waals surface area contributed by atoms with Gasteiger partial charge in [0.15, 0.2) is 0 Å². The van der Waals surface area contributed by atoms with E-state index in [1.807, 2.05) is 6.07 Å². The third-order valence-electron chi connectivity index (χ3n) is 3.18. The normalized spacial score (nSPS) is 18.1. The molecular weight excluding hydrogens is 208 g/mol. The highest BCUT2D eigenvalue weighted by molar-refractivity contribution is 5.51. The number of benzene rings is 1. The van der Waals surface area contributed by atoms with Crippen molar-refractivity contribution in [1.29, 1.82) is 0 Å². The minimum absolute atomic E-state index is 0.618. The van der Waals surface area contributed by atoms with E-state index in [0.29, 0.717) is 5.92 Å². The fourth-order valence-electron chi connectivity index (χ4n) is 2.29. The molecule has 0 spiro atoms. The smallest absolute Gasteiger partial charge is 0.111 e. The van der Waals surface area contributed by atoms with Crippen molar-refractivity contribution in [3.63, 3.8) is 0 Å². The molecule has 17 heavy (non-hydrogen) atoms. The van der Waals surface area contributed by atoms with Crippen molar-refractivity contribution < 1.29 is 0 Å². The summed E-state index contributed by atoms with van der Waals surface area (Å²) in [6, 6.07) is 10.5. The van der Waals surface area contributed by atoms with E-state index in [4.69, 9.17) is 0 Å². The average molecular weight is 224 g/mol. The third kappa shape index (κ3) is 2.16. The van der Waals surface area contributed by atoms with Gasteiger partial charge in [-0.05, 0) is 24.0 Å². The number of imidazole rings is 1. The van der Waals surface area contributed by atoms with E-state index in [-0.39, 0.29) is 0 Å². The van der Waals surface area contributed by atoms with E-state index in [9.17, 15) is 0 Å². The molecule has 1 aromatic carbocycles. The van der Waals surface area contributed by atoms with Crippen LogP contribution in [0.5, 0.6) is 0 Å². The fourth-order valence-corrected chi connectivity index (χ4v) is 2.29. The molecule has 0 amide bonds. The Morgan fingerprint density at radius 3 is 2.94 bits per heavy atom. The van der Waals surface area contributed by atoms with Crippen LogP contribution in [0.3, 0.4) is 0 Å². The summed E-state index contributed by atoms with van der Waals surface area (Å²) in [6.45, 7) is 2.23. The second-order valence-electron chi connectivity index (χ2n) is 4.75. The molecular formula is C15H16N2. The van der Waals surface area contributed by atoms with Gasteiger partial charge in [0.05, 0.1) is 5.69 Å². The van der Waals surface area contributed by atoms with Crippen LogP contribution in [0.25, 0.3) is 6.08 Å². The van der Waals surface area contributed by atoms with Crippen molar-refractivity contribution in [2.75, 3.05) is 0 Å². The van der Waals surface area contributed by atoms with Crippen molar-refractivity contribution in [2.24, 2.45) is 5.92 Å². The molecule has 1 aliphatic rings. The molecule has 0 saturated carbocycles. The van der Waals surface area contributed by atoms with Gasteiger partial charge in [0.25, 0.3) is 0 Å². The van der Waals surface area contributed by atoms with E-state index >= 15 is 0 Å². The minimum atomic E-state index is 0.618. The number of rotatable bonds is 2. The Hall–Kier alpha value is -1.83. The van der Waals surface area contributed by atoms with Crippen LogP contribution >= 0.6 is 0 Å². The predicted molar refractivity (Wildman–Crippen MR) is 69.7 cm³/mol. The molecule has 2 nitrogen and oxygen atoms in total. The van der Waals surface area contributed by atoms with Crippen molar-refractivity contribution >= 4 is 6.08 Å². The van der Waals surface area contributed by atoms with E-state index in [1.165, 1.54) is 11.3 Å². The zero-order valence-corrected chi connectivity index (χ0v) is 9.98. The van der Waals surface area contributed by atoms with Crippen molar-refractivity contribution in [2.45, 2.75) is 19.8 Å². The third-order valence-corrected chi connectivity index (χ3v) is 3.18. The molecule has 1 aromatic heterocycles. The second-order valence-corrected chi connectivity index (χ2v) is 4.75. The summed E-state index contributed by atoms with van der Waals surface area (Å²) in [5.41, 5.74) is 3.70. The molecule has 1 N–H and O–H groups in total. The molecule has 0 bridgehead atoms. The molecule has 0 aliphatic heterocycles. The van der Waals surface area contributed by atoms with Crippen molar-refractivity contribution in [3.8, 4) is 0 Å². The van der Waals surface area contributed by atoms with Crippen LogP contribution in [0.2, 0.25) is 0 Å². The van der Waals surface area contributed by atoms with E-state index in [1.54, 1.807) is 0 Å². The number of allylic oxidation sites excluding steroid dienone is 1. The highest BCUT2D eigenvalue weighted by Gasteiger charge is 2.14. The SMILES string of the molecule is CC1C=Cc2nc(Cc3ccccc3)[nH]c2C1. The van der Waals surface area contributed by atoms with Crippen LogP contribution in [-0.4, -0.2) is 9.97 Å². The summed E-state index contributed by atoms with van der Waals surface area (Å²) in [7, 11) is 0. The van der Waals surface area contributed by atoms with E-state index in [0.717, 1.165) is 24.4 Å². The lowest BCUT2D eigenvalue weighted by Crippen LogP contribution is -2.02. The number of fused-ring (bicyclic) bond motifs is 1. The van der Waals surface area contributed by atoms with Gasteiger partial charge in [0, 0.05) is 12.1 Å². The van der Waals surface area contributed by atoms with Crippen LogP contribution in [0.15, 0.2) is 36.4 Å². The maximum absolute atomic E-state index is 4.64. The number of hydrogen-bond acceptors (Lipinski definition) is 1. The first kappa shape index (κ1) is 10.3. The van der Waals surface area contributed by atoms with Gasteiger partial charge in [-0.1, -0.05) is 43.3 Å². The summed E-state index contributed by atoms with van der Waals surface area (Å²) in [5.74, 6) is 1.69. The minimum Gasteiger partial charge on any atom is -0.345 e. The topological polar surface area (TPSA) is 28.7 Å². The molecule has 1 atom stereocenters. The molecule has 0 radical (unpaired) electrons. The first-order valence-electron chi connectivity index (χ1n) is 6.11. The van der Waals surface area contributed by atoms with Crippen LogP contribution in [0.1, 0.15) is 29.7 Å². The number of nitrogens with zero attached hydrogens (tertiary/aromatic N) is 1. The lowest BCUT2D eigenvalue weighted by atomic mass is 9.99. The van der Waals surface area contributed by atoms with Crippen LogP contribution in [0.4, 0.5) is 0 Å². The summed E-state index contributed by atoms with van der Waals surface area (Å²) >= 11 is 0. The van der Waals surface area contributed by atoms with Gasteiger partial charge in [-0.25, -0.2) is 4.98 Å². The summed E-state index contributed by atoms with van der Waals surface area (Å²) < 4.78 is 0. The van der Waals surface area contributed by atoms with Gasteiger partial charge >= 0.3 is 0 Å². The van der Waals surface area contributed by atoms with Gasteiger partial charge in [-0.3, -0.25) is 0 Å².